The Kier molecular flexibility index (Phi) is 2.51. The first-order valence-corrected chi connectivity index (χ1v) is 6.45. The van der Waals surface area contributed by atoms with Crippen LogP contribution in [-0.2, 0) is 9.84 Å². The molecule has 84 valence electrons. The molecule has 0 aliphatic carbocycles. The molecular formula is C10H10N2O3S. The lowest BCUT2D eigenvalue weighted by Crippen LogP contribution is -2.05. The van der Waals surface area contributed by atoms with Gasteiger partial charge in [0.1, 0.15) is 5.69 Å². The largest absolute Gasteiger partial charge is 0.463 e. The normalized spacial score (nSPS) is 11.6. The van der Waals surface area contributed by atoms with Crippen LogP contribution in [0.25, 0.3) is 11.5 Å². The van der Waals surface area contributed by atoms with Gasteiger partial charge in [-0.15, -0.1) is 0 Å². The Balaban J connectivity index is 2.63. The van der Waals surface area contributed by atoms with E-state index in [1.807, 2.05) is 0 Å². The van der Waals surface area contributed by atoms with Gasteiger partial charge in [0, 0.05) is 12.5 Å². The van der Waals surface area contributed by atoms with E-state index in [-0.39, 0.29) is 5.16 Å². The molecule has 2 heterocycles. The van der Waals surface area contributed by atoms with Gasteiger partial charge in [-0.3, -0.25) is 0 Å². The molecule has 0 amide bonds. The SMILES string of the molecule is Cc1cnc(S(C)(=O)=O)nc1-c1ccco1. The van der Waals surface area contributed by atoms with Crippen molar-refractivity contribution in [3.05, 3.63) is 30.2 Å². The van der Waals surface area contributed by atoms with E-state index in [1.165, 1.54) is 12.5 Å². The molecule has 0 bridgehead atoms. The number of hydrogen-bond acceptors (Lipinski definition) is 5. The summed E-state index contributed by atoms with van der Waals surface area (Å²) in [4.78, 5) is 7.77. The van der Waals surface area contributed by atoms with E-state index in [1.54, 1.807) is 19.1 Å². The maximum Gasteiger partial charge on any atom is 0.247 e. The van der Waals surface area contributed by atoms with Crippen LogP contribution in [0.1, 0.15) is 5.56 Å². The first kappa shape index (κ1) is 10.8. The van der Waals surface area contributed by atoms with Crippen LogP contribution in [0, 0.1) is 6.92 Å². The summed E-state index contributed by atoms with van der Waals surface area (Å²) in [7, 11) is -3.40. The number of aromatic nitrogens is 2. The Morgan fingerprint density at radius 2 is 2.12 bits per heavy atom. The molecule has 2 rings (SSSR count). The first-order valence-electron chi connectivity index (χ1n) is 4.56. The second-order valence-corrected chi connectivity index (χ2v) is 5.34. The zero-order chi connectivity index (χ0) is 11.8. The summed E-state index contributed by atoms with van der Waals surface area (Å²) in [6.07, 6.45) is 4.06. The lowest BCUT2D eigenvalue weighted by molar-refractivity contribution is 0.575. The van der Waals surface area contributed by atoms with Gasteiger partial charge >= 0.3 is 0 Å². The highest BCUT2D eigenvalue weighted by molar-refractivity contribution is 7.90. The predicted molar refractivity (Wildman–Crippen MR) is 57.6 cm³/mol. The quantitative estimate of drug-likeness (QED) is 0.740. The Morgan fingerprint density at radius 1 is 1.38 bits per heavy atom. The van der Waals surface area contributed by atoms with Crippen molar-refractivity contribution in [2.75, 3.05) is 6.26 Å². The number of nitrogens with zero attached hydrogens (tertiary/aromatic N) is 2. The third-order valence-electron chi connectivity index (χ3n) is 2.04. The summed E-state index contributed by atoms with van der Waals surface area (Å²) in [5.41, 5.74) is 1.27. The molecular weight excluding hydrogens is 228 g/mol. The van der Waals surface area contributed by atoms with E-state index in [9.17, 15) is 8.42 Å². The topological polar surface area (TPSA) is 73.1 Å². The van der Waals surface area contributed by atoms with Crippen LogP contribution in [0.3, 0.4) is 0 Å². The number of furan rings is 1. The van der Waals surface area contributed by atoms with Gasteiger partial charge in [-0.05, 0) is 24.6 Å². The Bertz CT molecular complexity index is 603. The maximum atomic E-state index is 11.3. The molecule has 6 heteroatoms. The van der Waals surface area contributed by atoms with E-state index in [0.717, 1.165) is 11.8 Å². The average Bonchev–Trinajstić information content (AvgIpc) is 2.69. The lowest BCUT2D eigenvalue weighted by Gasteiger charge is -2.03. The molecule has 2 aromatic rings. The molecule has 16 heavy (non-hydrogen) atoms. The molecule has 0 unspecified atom stereocenters. The summed E-state index contributed by atoms with van der Waals surface area (Å²) in [5.74, 6) is 0.532. The van der Waals surface area contributed by atoms with Gasteiger partial charge < -0.3 is 4.42 Å². The molecule has 0 atom stereocenters. The third-order valence-corrected chi connectivity index (χ3v) is 2.90. The highest BCUT2D eigenvalue weighted by Gasteiger charge is 2.15. The van der Waals surface area contributed by atoms with Crippen LogP contribution >= 0.6 is 0 Å². The minimum absolute atomic E-state index is 0.190. The molecule has 0 fully saturated rings. The Morgan fingerprint density at radius 3 is 2.69 bits per heavy atom. The minimum atomic E-state index is -3.40. The smallest absolute Gasteiger partial charge is 0.247 e. The fraction of sp³-hybridized carbons (Fsp3) is 0.200. The van der Waals surface area contributed by atoms with Gasteiger partial charge in [0.15, 0.2) is 5.76 Å². The van der Waals surface area contributed by atoms with Gasteiger partial charge in [0.05, 0.1) is 6.26 Å². The van der Waals surface area contributed by atoms with E-state index >= 15 is 0 Å². The fourth-order valence-electron chi connectivity index (χ4n) is 1.27. The Labute approximate surface area is 93.1 Å². The molecule has 0 aromatic carbocycles. The standard InChI is InChI=1S/C10H10N2O3S/c1-7-6-11-10(16(2,13)14)12-9(7)8-4-3-5-15-8/h3-6H,1-2H3. The summed E-state index contributed by atoms with van der Waals surface area (Å²) in [6.45, 7) is 1.80. The predicted octanol–water partition coefficient (Wildman–Crippen LogP) is 1.45. The number of aryl methyl sites for hydroxylation is 1. The van der Waals surface area contributed by atoms with E-state index in [4.69, 9.17) is 4.42 Å². The number of hydrogen-bond donors (Lipinski definition) is 0. The molecule has 0 spiro atoms. The van der Waals surface area contributed by atoms with Crippen molar-refractivity contribution < 1.29 is 12.8 Å². The molecule has 2 aromatic heterocycles. The van der Waals surface area contributed by atoms with Crippen LogP contribution in [0.4, 0.5) is 0 Å². The van der Waals surface area contributed by atoms with Crippen LogP contribution in [-0.4, -0.2) is 24.6 Å². The zero-order valence-electron chi connectivity index (χ0n) is 8.84. The van der Waals surface area contributed by atoms with Gasteiger partial charge in [-0.25, -0.2) is 18.4 Å². The van der Waals surface area contributed by atoms with Crippen LogP contribution in [0.5, 0.6) is 0 Å². The van der Waals surface area contributed by atoms with Crippen molar-refractivity contribution in [3.8, 4) is 11.5 Å². The second kappa shape index (κ2) is 3.71. The monoisotopic (exact) mass is 238 g/mol. The lowest BCUT2D eigenvalue weighted by atomic mass is 10.2. The molecule has 0 aliphatic rings. The molecule has 5 nitrogen and oxygen atoms in total. The summed E-state index contributed by atoms with van der Waals surface area (Å²) >= 11 is 0. The third kappa shape index (κ3) is 1.96. The van der Waals surface area contributed by atoms with Gasteiger partial charge in [-0.2, -0.15) is 0 Å². The van der Waals surface area contributed by atoms with Crippen molar-refractivity contribution in [2.45, 2.75) is 12.1 Å². The van der Waals surface area contributed by atoms with Crippen molar-refractivity contribution in [3.63, 3.8) is 0 Å². The highest BCUT2D eigenvalue weighted by Crippen LogP contribution is 2.21. The van der Waals surface area contributed by atoms with Crippen molar-refractivity contribution in [1.29, 1.82) is 0 Å². The second-order valence-electron chi connectivity index (χ2n) is 3.43. The first-order chi connectivity index (χ1) is 7.48. The molecule has 0 N–H and O–H groups in total. The van der Waals surface area contributed by atoms with E-state index in [2.05, 4.69) is 9.97 Å². The highest BCUT2D eigenvalue weighted by atomic mass is 32.2. The molecule has 0 saturated heterocycles. The molecule has 0 radical (unpaired) electrons. The zero-order valence-corrected chi connectivity index (χ0v) is 9.65. The summed E-state index contributed by atoms with van der Waals surface area (Å²) in [5, 5.41) is -0.190. The van der Waals surface area contributed by atoms with Crippen molar-refractivity contribution >= 4 is 9.84 Å². The molecule has 0 saturated carbocycles. The van der Waals surface area contributed by atoms with E-state index in [0.29, 0.717) is 11.5 Å². The van der Waals surface area contributed by atoms with Crippen molar-refractivity contribution in [1.82, 2.24) is 9.97 Å². The van der Waals surface area contributed by atoms with Gasteiger partial charge in [-0.1, -0.05) is 0 Å². The molecule has 0 aliphatic heterocycles. The number of rotatable bonds is 2. The van der Waals surface area contributed by atoms with Crippen LogP contribution in [0.2, 0.25) is 0 Å². The number of sulfone groups is 1. The maximum absolute atomic E-state index is 11.3. The Hall–Kier alpha value is -1.69. The van der Waals surface area contributed by atoms with Crippen LogP contribution < -0.4 is 0 Å². The van der Waals surface area contributed by atoms with Crippen LogP contribution in [0.15, 0.2) is 34.2 Å². The fourth-order valence-corrected chi connectivity index (χ4v) is 1.77. The van der Waals surface area contributed by atoms with Gasteiger partial charge in [0.2, 0.25) is 15.0 Å². The average molecular weight is 238 g/mol. The minimum Gasteiger partial charge on any atom is -0.463 e. The van der Waals surface area contributed by atoms with E-state index < -0.39 is 9.84 Å². The van der Waals surface area contributed by atoms with Crippen molar-refractivity contribution in [2.24, 2.45) is 0 Å². The summed E-state index contributed by atoms with van der Waals surface area (Å²) < 4.78 is 27.8. The van der Waals surface area contributed by atoms with Gasteiger partial charge in [0.25, 0.3) is 0 Å². The summed E-state index contributed by atoms with van der Waals surface area (Å²) in [6, 6.07) is 3.44.